The second kappa shape index (κ2) is 28.7. The Morgan fingerprint density at radius 2 is 1.43 bits per heavy atom. The number of phenolic OH excluding ortho intramolecular Hbond substituents is 1. The molecule has 4 aromatic rings. The van der Waals surface area contributed by atoms with Crippen LogP contribution in [0.2, 0.25) is 0 Å². The predicted octanol–water partition coefficient (Wildman–Crippen LogP) is 2.90. The molecular weight excluding hydrogens is 1020 g/mol. The Labute approximate surface area is 437 Å². The number of anilines is 2. The van der Waals surface area contributed by atoms with Crippen LogP contribution in [0.25, 0.3) is 21.9 Å². The first kappa shape index (κ1) is 58.3. The van der Waals surface area contributed by atoms with Crippen LogP contribution in [0.1, 0.15) is 36.8 Å². The number of rotatable bonds is 22. The molecule has 2 aliphatic heterocycles. The van der Waals surface area contributed by atoms with E-state index in [9.17, 15) is 52.5 Å². The van der Waals surface area contributed by atoms with Gasteiger partial charge < -0.3 is 41.2 Å². The topological polar surface area (TPSA) is 340 Å². The molecule has 0 radical (unpaired) electrons. The number of carbonyl (C=O) groups is 7. The number of carboxylic acid groups (broad SMARTS) is 1. The number of phenols is 1. The molecule has 1 fully saturated rings. The number of fused-ring (bicyclic) bond motifs is 1. The molecule has 75 heavy (non-hydrogen) atoms. The van der Waals surface area contributed by atoms with Gasteiger partial charge >= 0.3 is 17.5 Å². The van der Waals surface area contributed by atoms with E-state index in [1.165, 1.54) is 18.2 Å². The number of azo groups is 1. The molecule has 2 aliphatic rings. The molecule has 0 aromatic heterocycles. The first-order valence-corrected chi connectivity index (χ1v) is 25.2. The molecule has 5 amide bonds. The summed E-state index contributed by atoms with van der Waals surface area (Å²) >= 11 is -3.05. The minimum absolute atomic E-state index is 0.000442. The number of nitrogens with one attached hydrogen (secondary N) is 3. The molecule has 0 aliphatic carbocycles. The van der Waals surface area contributed by atoms with E-state index >= 15 is 0 Å². The number of nitrogens with two attached hydrogens (primary N) is 1. The maximum absolute atomic E-state index is 14.1. The van der Waals surface area contributed by atoms with Crippen molar-refractivity contribution in [2.75, 3.05) is 83.2 Å². The first-order chi connectivity index (χ1) is 35.9. The average molecular weight is 1080 g/mol. The standard InChI is InChI=1S/C49H58N10O12S.O2S/c1-31-25-33(34-7-11-38(32(2)26-34)54-55-39-12-8-35-41(72(69)70)13-9-36(50)47(35)48(39)67)6-10-37(31)53-49(68)40(5-3-4-17-51-42(61)16-18-59-44(63)14-15-45(59)64)52-43(62)27-56-19-20-57(28-46(65)66)22-24-58(23-21-56)29-71-30-60;1-3-2/h6-15,25-26,30,40,67H,3-5,16-24,27-29,50H2,1-2H3,(H,51,61)(H,52,62)(H,53,68)(H,65,66)(H,69,70);/t40-;/m1./s1. The Balaban J connectivity index is 0.00000338. The third-order valence-electron chi connectivity index (χ3n) is 12.2. The fourth-order valence-corrected chi connectivity index (χ4v) is 8.77. The zero-order chi connectivity index (χ0) is 54.6. The lowest BCUT2D eigenvalue weighted by Gasteiger charge is -2.26. The smallest absolute Gasteiger partial charge is 0.335 e. The highest BCUT2D eigenvalue weighted by Crippen LogP contribution is 2.41. The number of aliphatic carboxylic acids is 1. The van der Waals surface area contributed by atoms with Gasteiger partial charge in [-0.2, -0.15) is 13.5 Å². The van der Waals surface area contributed by atoms with Crippen molar-refractivity contribution in [1.82, 2.24) is 30.2 Å². The zero-order valence-corrected chi connectivity index (χ0v) is 42.7. The summed E-state index contributed by atoms with van der Waals surface area (Å²) in [5.74, 6) is -3.50. The lowest BCUT2D eigenvalue weighted by atomic mass is 10.00. The molecule has 400 valence electrons. The van der Waals surface area contributed by atoms with Gasteiger partial charge in [-0.25, -0.2) is 4.21 Å². The number of aromatic hydroxyl groups is 1. The summed E-state index contributed by atoms with van der Waals surface area (Å²) < 4.78 is 43.1. The molecule has 2 atom stereocenters. The minimum atomic E-state index is -2.30. The van der Waals surface area contributed by atoms with Crippen LogP contribution < -0.4 is 21.7 Å². The number of unbranched alkanes of at least 4 members (excludes halogenated alkanes) is 1. The number of carboxylic acids is 1. The molecule has 8 N–H and O–H groups in total. The fraction of sp³-hybridized carbons (Fsp3) is 0.367. The normalized spacial score (nSPS) is 15.3. The summed E-state index contributed by atoms with van der Waals surface area (Å²) in [6, 6.07) is 15.9. The van der Waals surface area contributed by atoms with Crippen LogP contribution in [0.3, 0.4) is 0 Å². The van der Waals surface area contributed by atoms with Gasteiger partial charge in [0.15, 0.2) is 16.8 Å². The Kier molecular flexibility index (Phi) is 22.3. The zero-order valence-electron chi connectivity index (χ0n) is 41.1. The third-order valence-corrected chi connectivity index (χ3v) is 12.9. The quantitative estimate of drug-likeness (QED) is 0.0149. The van der Waals surface area contributed by atoms with Gasteiger partial charge in [-0.15, -0.1) is 5.11 Å². The highest BCUT2D eigenvalue weighted by atomic mass is 32.2. The SMILES string of the molecule is Cc1cc(-c2ccc(NC(=O)[C@@H](CCCCNC(=O)CCN3C(=O)C=CC3=O)NC(=O)CN3CCN(COC=O)CCN(CC(=O)O)CC3)c(C)c2)ccc1N=Nc1ccc2c(S(=O)O)ccc(N)c2c1O.O=S=O. The summed E-state index contributed by atoms with van der Waals surface area (Å²) in [5.41, 5.74) is 10.6. The van der Waals surface area contributed by atoms with Gasteiger partial charge in [0.2, 0.25) is 17.7 Å². The highest BCUT2D eigenvalue weighted by molar-refractivity contribution is 7.79. The summed E-state index contributed by atoms with van der Waals surface area (Å²) in [7, 11) is 0. The van der Waals surface area contributed by atoms with Crippen molar-refractivity contribution in [2.24, 2.45) is 10.2 Å². The van der Waals surface area contributed by atoms with Gasteiger partial charge in [-0.05, 0) is 97.8 Å². The highest BCUT2D eigenvalue weighted by Gasteiger charge is 2.26. The molecule has 0 saturated carbocycles. The van der Waals surface area contributed by atoms with E-state index in [0.717, 1.165) is 39.3 Å². The number of hydrogen-bond donors (Lipinski definition) is 7. The molecule has 1 unspecified atom stereocenters. The number of amides is 5. The van der Waals surface area contributed by atoms with Gasteiger partial charge in [0.25, 0.3) is 18.3 Å². The lowest BCUT2D eigenvalue weighted by molar-refractivity contribution is -0.139. The summed E-state index contributed by atoms with van der Waals surface area (Å²) in [5, 5.41) is 38.2. The number of benzene rings is 4. The Bertz CT molecular complexity index is 2880. The lowest BCUT2D eigenvalue weighted by Crippen LogP contribution is -2.49. The van der Waals surface area contributed by atoms with E-state index in [0.29, 0.717) is 75.3 Å². The van der Waals surface area contributed by atoms with E-state index in [1.807, 2.05) is 47.9 Å². The second-order valence-electron chi connectivity index (χ2n) is 17.4. The number of aryl methyl sites for hydroxylation is 2. The van der Waals surface area contributed by atoms with Crippen LogP contribution >= 0.6 is 0 Å². The number of carbonyl (C=O) groups excluding carboxylic acids is 6. The number of nitrogen functional groups attached to an aromatic ring is 1. The van der Waals surface area contributed by atoms with Crippen LogP contribution in [0.15, 0.2) is 87.9 Å². The molecule has 0 bridgehead atoms. The minimum Gasteiger partial charge on any atom is -0.505 e. The number of hydrogen-bond acceptors (Lipinski definition) is 18. The number of ether oxygens (including phenoxy) is 1. The average Bonchev–Trinajstić information content (AvgIpc) is 3.73. The van der Waals surface area contributed by atoms with Gasteiger partial charge in [-0.3, -0.25) is 53.2 Å². The third kappa shape index (κ3) is 17.2. The maximum Gasteiger partial charge on any atom is 0.335 e. The Morgan fingerprint density at radius 1 is 0.827 bits per heavy atom. The van der Waals surface area contributed by atoms with Crippen LogP contribution in [-0.4, -0.2) is 167 Å². The Hall–Kier alpha value is -7.62. The van der Waals surface area contributed by atoms with Gasteiger partial charge in [0.1, 0.15) is 18.5 Å². The van der Waals surface area contributed by atoms with Crippen molar-refractivity contribution in [3.8, 4) is 16.9 Å². The largest absolute Gasteiger partial charge is 0.505 e. The van der Waals surface area contributed by atoms with Crippen molar-refractivity contribution in [1.29, 1.82) is 0 Å². The van der Waals surface area contributed by atoms with Crippen molar-refractivity contribution in [3.05, 3.63) is 83.9 Å². The van der Waals surface area contributed by atoms with E-state index in [2.05, 4.69) is 26.2 Å². The first-order valence-electron chi connectivity index (χ1n) is 23.5. The van der Waals surface area contributed by atoms with Crippen molar-refractivity contribution >= 4 is 98.2 Å². The molecule has 6 rings (SSSR count). The number of imide groups is 1. The molecule has 1 saturated heterocycles. The molecule has 0 spiro atoms. The van der Waals surface area contributed by atoms with E-state index in [-0.39, 0.29) is 79.1 Å². The second-order valence-corrected chi connectivity index (χ2v) is 18.5. The number of nitrogens with zero attached hydrogens (tertiary/aromatic N) is 6. The molecule has 24 nitrogen and oxygen atoms in total. The van der Waals surface area contributed by atoms with E-state index in [4.69, 9.17) is 18.9 Å². The maximum atomic E-state index is 14.1. The summed E-state index contributed by atoms with van der Waals surface area (Å²) in [4.78, 5) is 93.0. The predicted molar refractivity (Wildman–Crippen MR) is 276 cm³/mol. The van der Waals surface area contributed by atoms with Gasteiger partial charge in [-0.1, -0.05) is 18.2 Å². The monoisotopic (exact) mass is 1070 g/mol. The Morgan fingerprint density at radius 3 is 2.04 bits per heavy atom. The molecule has 2 heterocycles. The van der Waals surface area contributed by atoms with Crippen molar-refractivity contribution in [2.45, 2.75) is 50.5 Å². The van der Waals surface area contributed by atoms with Crippen LogP contribution in [0.4, 0.5) is 22.7 Å². The van der Waals surface area contributed by atoms with Crippen LogP contribution in [-0.2, 0) is 61.0 Å². The summed E-state index contributed by atoms with van der Waals surface area (Å²) in [6.07, 6.45) is 3.31. The molecular formula is C49H58N10O14S2. The van der Waals surface area contributed by atoms with Gasteiger partial charge in [0.05, 0.1) is 29.1 Å². The molecule has 4 aromatic carbocycles. The van der Waals surface area contributed by atoms with E-state index in [1.54, 1.807) is 23.1 Å². The van der Waals surface area contributed by atoms with Crippen LogP contribution in [0, 0.1) is 13.8 Å². The van der Waals surface area contributed by atoms with Crippen LogP contribution in [0.5, 0.6) is 5.75 Å². The van der Waals surface area contributed by atoms with Gasteiger partial charge in [0, 0.05) is 87.7 Å². The van der Waals surface area contributed by atoms with Crippen molar-refractivity contribution < 1.29 is 65.7 Å². The van der Waals surface area contributed by atoms with Crippen molar-refractivity contribution in [3.63, 3.8) is 0 Å². The summed E-state index contributed by atoms with van der Waals surface area (Å²) in [6.45, 7) is 6.29. The fourth-order valence-electron chi connectivity index (χ4n) is 8.23. The molecule has 26 heteroatoms. The van der Waals surface area contributed by atoms with E-state index < -0.39 is 58.3 Å².